The van der Waals surface area contributed by atoms with Gasteiger partial charge >= 0.3 is 0 Å². The van der Waals surface area contributed by atoms with Crippen molar-refractivity contribution in [3.63, 3.8) is 0 Å². The van der Waals surface area contributed by atoms with Crippen LogP contribution in [-0.4, -0.2) is 39.3 Å². The molecule has 0 N–H and O–H groups in total. The molecule has 0 saturated carbocycles. The van der Waals surface area contributed by atoms with E-state index in [1.807, 2.05) is 30.3 Å². The van der Waals surface area contributed by atoms with E-state index >= 15 is 0 Å². The lowest BCUT2D eigenvalue weighted by molar-refractivity contribution is 0.0989. The topological polar surface area (TPSA) is 57.7 Å². The van der Waals surface area contributed by atoms with Crippen molar-refractivity contribution in [1.29, 1.82) is 0 Å². The molecule has 2 aromatic rings. The van der Waals surface area contributed by atoms with E-state index in [1.54, 1.807) is 30.9 Å². The van der Waals surface area contributed by atoms with Crippen molar-refractivity contribution in [3.05, 3.63) is 71.8 Å². The van der Waals surface area contributed by atoms with Gasteiger partial charge in [0.25, 0.3) is 5.91 Å². The van der Waals surface area contributed by atoms with Gasteiger partial charge in [0.05, 0.1) is 4.90 Å². The standard InChI is InChI=1S/C20H24N2O3S/c1-6-12-22(18-10-8-7-9-11-18)20(23)17-13-15(2)16(3)19(14-17)26(24,25)21(4)5/h6-11,13-14H,1,12H2,2-5H3. The molecule has 138 valence electrons. The maximum atomic E-state index is 13.1. The molecule has 0 fully saturated rings. The number of nitrogens with zero attached hydrogens (tertiary/aromatic N) is 2. The monoisotopic (exact) mass is 372 g/mol. The molecule has 1 amide bonds. The Morgan fingerprint density at radius 3 is 2.27 bits per heavy atom. The zero-order valence-corrected chi connectivity index (χ0v) is 16.4. The molecule has 0 radical (unpaired) electrons. The van der Waals surface area contributed by atoms with E-state index in [2.05, 4.69) is 6.58 Å². The fourth-order valence-electron chi connectivity index (χ4n) is 2.61. The lowest BCUT2D eigenvalue weighted by atomic mass is 10.0. The van der Waals surface area contributed by atoms with Crippen LogP contribution in [-0.2, 0) is 10.0 Å². The van der Waals surface area contributed by atoms with Crippen LogP contribution in [0.3, 0.4) is 0 Å². The van der Waals surface area contributed by atoms with Gasteiger partial charge in [-0.25, -0.2) is 12.7 Å². The number of aryl methyl sites for hydroxylation is 1. The molecule has 0 aliphatic heterocycles. The highest BCUT2D eigenvalue weighted by atomic mass is 32.2. The van der Waals surface area contributed by atoms with Gasteiger partial charge in [-0.2, -0.15) is 0 Å². The first-order valence-electron chi connectivity index (χ1n) is 8.21. The fourth-order valence-corrected chi connectivity index (χ4v) is 3.83. The van der Waals surface area contributed by atoms with Crippen LogP contribution < -0.4 is 4.90 Å². The minimum absolute atomic E-state index is 0.150. The third-order valence-electron chi connectivity index (χ3n) is 4.25. The Balaban J connectivity index is 2.58. The molecule has 0 aromatic heterocycles. The molecular weight excluding hydrogens is 348 g/mol. The van der Waals surface area contributed by atoms with Gasteiger partial charge in [0.2, 0.25) is 10.0 Å². The van der Waals surface area contributed by atoms with Crippen molar-refractivity contribution >= 4 is 21.6 Å². The molecule has 0 saturated heterocycles. The Morgan fingerprint density at radius 1 is 1.12 bits per heavy atom. The molecule has 0 aliphatic rings. The summed E-state index contributed by atoms with van der Waals surface area (Å²) in [6, 6.07) is 12.4. The van der Waals surface area contributed by atoms with E-state index in [1.165, 1.54) is 20.2 Å². The van der Waals surface area contributed by atoms with Crippen LogP contribution in [0, 0.1) is 13.8 Å². The van der Waals surface area contributed by atoms with Crippen LogP contribution in [0.4, 0.5) is 5.69 Å². The summed E-state index contributed by atoms with van der Waals surface area (Å²) in [7, 11) is -0.689. The number of anilines is 1. The zero-order chi connectivity index (χ0) is 19.5. The lowest BCUT2D eigenvalue weighted by Crippen LogP contribution is -2.31. The summed E-state index contributed by atoms with van der Waals surface area (Å²) in [5.74, 6) is -0.269. The van der Waals surface area contributed by atoms with Gasteiger partial charge in [-0.15, -0.1) is 6.58 Å². The number of para-hydroxylation sites is 1. The largest absolute Gasteiger partial charge is 0.305 e. The lowest BCUT2D eigenvalue weighted by Gasteiger charge is -2.23. The Hall–Kier alpha value is -2.44. The molecular formula is C20H24N2O3S. The van der Waals surface area contributed by atoms with Gasteiger partial charge in [-0.3, -0.25) is 4.79 Å². The number of rotatable bonds is 6. The van der Waals surface area contributed by atoms with Gasteiger partial charge in [-0.05, 0) is 49.2 Å². The third-order valence-corrected chi connectivity index (χ3v) is 6.19. The predicted octanol–water partition coefficient (Wildman–Crippen LogP) is 3.39. The minimum Gasteiger partial charge on any atom is -0.305 e. The van der Waals surface area contributed by atoms with E-state index in [0.717, 1.165) is 15.6 Å². The second-order valence-corrected chi connectivity index (χ2v) is 8.36. The highest BCUT2D eigenvalue weighted by Crippen LogP contribution is 2.25. The van der Waals surface area contributed by atoms with Crippen molar-refractivity contribution < 1.29 is 13.2 Å². The van der Waals surface area contributed by atoms with Crippen molar-refractivity contribution in [2.75, 3.05) is 25.5 Å². The molecule has 0 bridgehead atoms. The molecule has 0 aliphatic carbocycles. The molecule has 2 aromatic carbocycles. The first-order valence-corrected chi connectivity index (χ1v) is 9.65. The van der Waals surface area contributed by atoms with Gasteiger partial charge in [0.15, 0.2) is 0 Å². The number of benzene rings is 2. The summed E-state index contributed by atoms with van der Waals surface area (Å²) < 4.78 is 26.4. The number of hydrogen-bond acceptors (Lipinski definition) is 3. The molecule has 0 atom stereocenters. The van der Waals surface area contributed by atoms with Crippen LogP contribution in [0.25, 0.3) is 0 Å². The molecule has 2 rings (SSSR count). The molecule has 0 spiro atoms. The van der Waals surface area contributed by atoms with E-state index in [4.69, 9.17) is 0 Å². The first-order chi connectivity index (χ1) is 12.2. The Labute approximate surface area is 155 Å². The van der Waals surface area contributed by atoms with Crippen LogP contribution in [0.15, 0.2) is 60.0 Å². The van der Waals surface area contributed by atoms with Gasteiger partial charge < -0.3 is 4.90 Å². The van der Waals surface area contributed by atoms with Crippen LogP contribution in [0.5, 0.6) is 0 Å². The van der Waals surface area contributed by atoms with Gasteiger partial charge in [0, 0.05) is 31.9 Å². The summed E-state index contributed by atoms with van der Waals surface area (Å²) in [5.41, 5.74) is 2.46. The van der Waals surface area contributed by atoms with Crippen molar-refractivity contribution in [2.45, 2.75) is 18.7 Å². The SMILES string of the molecule is C=CCN(C(=O)c1cc(C)c(C)c(S(=O)(=O)N(C)C)c1)c1ccccc1. The molecule has 0 unspecified atom stereocenters. The first kappa shape index (κ1) is 19.9. The van der Waals surface area contributed by atoms with E-state index < -0.39 is 10.0 Å². The third kappa shape index (κ3) is 3.86. The maximum absolute atomic E-state index is 13.1. The van der Waals surface area contributed by atoms with E-state index in [0.29, 0.717) is 17.7 Å². The molecule has 26 heavy (non-hydrogen) atoms. The van der Waals surface area contributed by atoms with E-state index in [-0.39, 0.29) is 10.8 Å². The average Bonchev–Trinajstić information content (AvgIpc) is 2.61. The maximum Gasteiger partial charge on any atom is 0.258 e. The second-order valence-electron chi connectivity index (χ2n) is 6.24. The van der Waals surface area contributed by atoms with Crippen LogP contribution in [0.1, 0.15) is 21.5 Å². The summed E-state index contributed by atoms with van der Waals surface area (Å²) in [5, 5.41) is 0. The zero-order valence-electron chi connectivity index (χ0n) is 15.6. The summed E-state index contributed by atoms with van der Waals surface area (Å²) >= 11 is 0. The Bertz CT molecular complexity index is 920. The smallest absolute Gasteiger partial charge is 0.258 e. The van der Waals surface area contributed by atoms with Crippen LogP contribution >= 0.6 is 0 Å². The van der Waals surface area contributed by atoms with Gasteiger partial charge in [-0.1, -0.05) is 24.3 Å². The van der Waals surface area contributed by atoms with Crippen molar-refractivity contribution in [2.24, 2.45) is 0 Å². The highest BCUT2D eigenvalue weighted by molar-refractivity contribution is 7.89. The number of hydrogen-bond donors (Lipinski definition) is 0. The number of amides is 1. The summed E-state index contributed by atoms with van der Waals surface area (Å²) in [6.45, 7) is 7.60. The minimum atomic E-state index is -3.65. The highest BCUT2D eigenvalue weighted by Gasteiger charge is 2.25. The summed E-state index contributed by atoms with van der Waals surface area (Å²) in [6.07, 6.45) is 1.64. The van der Waals surface area contributed by atoms with Crippen molar-refractivity contribution in [3.8, 4) is 0 Å². The molecule has 6 heteroatoms. The fraction of sp³-hybridized carbons (Fsp3) is 0.250. The van der Waals surface area contributed by atoms with E-state index in [9.17, 15) is 13.2 Å². The Kier molecular flexibility index (Phi) is 6.00. The number of carbonyl (C=O) groups is 1. The van der Waals surface area contributed by atoms with Crippen LogP contribution in [0.2, 0.25) is 0 Å². The normalized spacial score (nSPS) is 11.4. The van der Waals surface area contributed by atoms with Gasteiger partial charge in [0.1, 0.15) is 0 Å². The Morgan fingerprint density at radius 2 is 1.73 bits per heavy atom. The molecule has 0 heterocycles. The predicted molar refractivity (Wildman–Crippen MR) is 105 cm³/mol. The number of sulfonamides is 1. The second kappa shape index (κ2) is 7.85. The number of carbonyl (C=O) groups excluding carboxylic acids is 1. The van der Waals surface area contributed by atoms with Crippen molar-refractivity contribution in [1.82, 2.24) is 4.31 Å². The summed E-state index contributed by atoms with van der Waals surface area (Å²) in [4.78, 5) is 14.8. The quantitative estimate of drug-likeness (QED) is 0.731. The molecule has 5 nitrogen and oxygen atoms in total. The average molecular weight is 372 g/mol.